The first-order chi connectivity index (χ1) is 27.7. The Balaban J connectivity index is 1.17. The Morgan fingerprint density at radius 2 is 0.964 bits per heavy atom. The minimum absolute atomic E-state index is 0.514. The zero-order valence-corrected chi connectivity index (χ0v) is 29.6. The Morgan fingerprint density at radius 1 is 0.411 bits per heavy atom. The van der Waals surface area contributed by atoms with Gasteiger partial charge in [-0.15, -0.1) is 0 Å². The summed E-state index contributed by atoms with van der Waals surface area (Å²) in [5.41, 5.74) is 11.6. The van der Waals surface area contributed by atoms with Gasteiger partial charge in [0.1, 0.15) is 28.4 Å². The normalized spacial score (nSPS) is 11.9. The van der Waals surface area contributed by atoms with E-state index in [-0.39, 0.29) is 0 Å². The molecule has 6 nitrogen and oxygen atoms in total. The van der Waals surface area contributed by atoms with E-state index in [0.717, 1.165) is 110 Å². The van der Waals surface area contributed by atoms with Gasteiger partial charge in [0.15, 0.2) is 0 Å². The molecule has 0 bridgehead atoms. The van der Waals surface area contributed by atoms with Crippen molar-refractivity contribution >= 4 is 87.5 Å². The summed E-state index contributed by atoms with van der Waals surface area (Å²) in [4.78, 5) is 0. The van der Waals surface area contributed by atoms with E-state index in [0.29, 0.717) is 11.1 Å². The van der Waals surface area contributed by atoms with E-state index < -0.39 is 0 Å². The van der Waals surface area contributed by atoms with Crippen LogP contribution in [0.5, 0.6) is 0 Å². The summed E-state index contributed by atoms with van der Waals surface area (Å²) >= 11 is 0. The number of fused-ring (bicyclic) bond motifs is 14. The van der Waals surface area contributed by atoms with Crippen LogP contribution in [0, 0.1) is 22.7 Å². The van der Waals surface area contributed by atoms with Crippen molar-refractivity contribution < 1.29 is 8.83 Å². The van der Waals surface area contributed by atoms with Crippen molar-refractivity contribution in [2.75, 3.05) is 0 Å². The van der Waals surface area contributed by atoms with Gasteiger partial charge in [-0.1, -0.05) is 84.9 Å². The SMILES string of the molecule is N#Cc1cc(-c2cccc(C#N)c2-n2c3ccccc3c3c4c(ccc32)oc2ccccc24)cc(-n2c3ccccc3c3c4c(ccc32)oc2ccccc24)c1. The van der Waals surface area contributed by atoms with Crippen molar-refractivity contribution in [1.82, 2.24) is 9.13 Å². The van der Waals surface area contributed by atoms with E-state index in [1.807, 2.05) is 84.9 Å². The number of hydrogen-bond donors (Lipinski definition) is 0. The van der Waals surface area contributed by atoms with Gasteiger partial charge in [-0.3, -0.25) is 0 Å². The van der Waals surface area contributed by atoms with Crippen molar-refractivity contribution in [1.29, 1.82) is 10.5 Å². The van der Waals surface area contributed by atoms with Crippen LogP contribution in [-0.2, 0) is 0 Å². The van der Waals surface area contributed by atoms with Gasteiger partial charge in [0, 0.05) is 54.3 Å². The molecule has 4 aromatic heterocycles. The first-order valence-corrected chi connectivity index (χ1v) is 18.5. The minimum Gasteiger partial charge on any atom is -0.456 e. The zero-order chi connectivity index (χ0) is 37.1. The van der Waals surface area contributed by atoms with Crippen LogP contribution in [-0.4, -0.2) is 9.13 Å². The predicted molar refractivity (Wildman–Crippen MR) is 225 cm³/mol. The standard InChI is InChI=1S/C50H26N4O2/c51-27-29-24-31(26-32(25-29)53-38-16-5-1-11-34(38)46-40(53)20-22-44-48(46)36-13-3-7-18-42(36)55-44)33-15-9-10-30(28-52)50(33)54-39-17-6-2-12-35(39)47-41(54)21-23-45-49(47)37-14-4-8-19-43(37)56-45/h1-26H. The van der Waals surface area contributed by atoms with Gasteiger partial charge < -0.3 is 18.0 Å². The highest BCUT2D eigenvalue weighted by Gasteiger charge is 2.24. The van der Waals surface area contributed by atoms with E-state index >= 15 is 0 Å². The molecule has 56 heavy (non-hydrogen) atoms. The van der Waals surface area contributed by atoms with Gasteiger partial charge in [-0.2, -0.15) is 10.5 Å². The monoisotopic (exact) mass is 714 g/mol. The zero-order valence-electron chi connectivity index (χ0n) is 29.6. The molecule has 0 aliphatic carbocycles. The van der Waals surface area contributed by atoms with Gasteiger partial charge in [-0.05, 0) is 78.4 Å². The lowest BCUT2D eigenvalue weighted by atomic mass is 9.97. The van der Waals surface area contributed by atoms with Crippen LogP contribution in [0.4, 0.5) is 0 Å². The molecule has 0 unspecified atom stereocenters. The second-order valence-corrected chi connectivity index (χ2v) is 14.3. The van der Waals surface area contributed by atoms with Gasteiger partial charge in [-0.25, -0.2) is 0 Å². The number of benzene rings is 8. The molecule has 12 aromatic rings. The molecule has 6 heteroatoms. The van der Waals surface area contributed by atoms with Crippen molar-refractivity contribution in [2.24, 2.45) is 0 Å². The molecule has 0 radical (unpaired) electrons. The first kappa shape index (κ1) is 30.4. The molecular weight excluding hydrogens is 689 g/mol. The lowest BCUT2D eigenvalue weighted by Gasteiger charge is -2.17. The largest absolute Gasteiger partial charge is 0.456 e. The average Bonchev–Trinajstić information content (AvgIpc) is 4.00. The summed E-state index contributed by atoms with van der Waals surface area (Å²) < 4.78 is 17.1. The number of aromatic nitrogens is 2. The molecule has 0 aliphatic heterocycles. The molecular formula is C50H26N4O2. The summed E-state index contributed by atoms with van der Waals surface area (Å²) in [5, 5.41) is 29.9. The Bertz CT molecular complexity index is 3750. The quantitative estimate of drug-likeness (QED) is 0.182. The molecule has 0 aliphatic rings. The maximum absolute atomic E-state index is 10.8. The maximum atomic E-state index is 10.8. The summed E-state index contributed by atoms with van der Waals surface area (Å²) in [7, 11) is 0. The number of para-hydroxylation sites is 5. The topological polar surface area (TPSA) is 83.7 Å². The van der Waals surface area contributed by atoms with Crippen molar-refractivity contribution in [2.45, 2.75) is 0 Å². The van der Waals surface area contributed by atoms with Gasteiger partial charge >= 0.3 is 0 Å². The third kappa shape index (κ3) is 4.02. The van der Waals surface area contributed by atoms with Gasteiger partial charge in [0.25, 0.3) is 0 Å². The van der Waals surface area contributed by atoms with E-state index in [1.165, 1.54) is 0 Å². The molecule has 0 saturated carbocycles. The molecule has 0 amide bonds. The molecule has 0 atom stereocenters. The Kier molecular flexibility index (Phi) is 6.10. The Hall–Kier alpha value is -8.06. The molecule has 0 spiro atoms. The lowest BCUT2D eigenvalue weighted by Crippen LogP contribution is -2.02. The van der Waals surface area contributed by atoms with Crippen molar-refractivity contribution in [3.63, 3.8) is 0 Å². The molecule has 0 fully saturated rings. The fraction of sp³-hybridized carbons (Fsp3) is 0. The van der Waals surface area contributed by atoms with Crippen molar-refractivity contribution in [3.05, 3.63) is 169 Å². The number of nitriles is 2. The second-order valence-electron chi connectivity index (χ2n) is 14.3. The number of furan rings is 2. The van der Waals surface area contributed by atoms with E-state index in [9.17, 15) is 10.5 Å². The molecule has 8 aromatic carbocycles. The van der Waals surface area contributed by atoms with Crippen molar-refractivity contribution in [3.8, 4) is 34.6 Å². The van der Waals surface area contributed by atoms with E-state index in [4.69, 9.17) is 8.83 Å². The third-order valence-electron chi connectivity index (χ3n) is 11.3. The van der Waals surface area contributed by atoms with Crippen LogP contribution in [0.15, 0.2) is 167 Å². The van der Waals surface area contributed by atoms with Crippen LogP contribution >= 0.6 is 0 Å². The Labute approximate surface area is 318 Å². The number of nitrogens with zero attached hydrogens (tertiary/aromatic N) is 4. The van der Waals surface area contributed by atoms with Gasteiger partial charge in [0.05, 0.1) is 45.0 Å². The Morgan fingerprint density at radius 3 is 1.57 bits per heavy atom. The number of rotatable bonds is 3. The molecule has 0 N–H and O–H groups in total. The molecule has 4 heterocycles. The van der Waals surface area contributed by atoms with Crippen LogP contribution in [0.25, 0.3) is 110 Å². The van der Waals surface area contributed by atoms with Crippen LogP contribution in [0.2, 0.25) is 0 Å². The molecule has 258 valence electrons. The smallest absolute Gasteiger partial charge is 0.136 e. The highest BCUT2D eigenvalue weighted by Crippen LogP contribution is 2.45. The third-order valence-corrected chi connectivity index (χ3v) is 11.3. The average molecular weight is 715 g/mol. The minimum atomic E-state index is 0.514. The highest BCUT2D eigenvalue weighted by atomic mass is 16.3. The summed E-state index contributed by atoms with van der Waals surface area (Å²) in [6.07, 6.45) is 0. The molecule has 12 rings (SSSR count). The van der Waals surface area contributed by atoms with Crippen LogP contribution < -0.4 is 0 Å². The van der Waals surface area contributed by atoms with Gasteiger partial charge in [0.2, 0.25) is 0 Å². The fourth-order valence-corrected chi connectivity index (χ4v) is 9.14. The highest BCUT2D eigenvalue weighted by molar-refractivity contribution is 6.28. The first-order valence-electron chi connectivity index (χ1n) is 18.5. The van der Waals surface area contributed by atoms with E-state index in [2.05, 4.69) is 94.1 Å². The molecule has 0 saturated heterocycles. The van der Waals surface area contributed by atoms with Crippen LogP contribution in [0.1, 0.15) is 11.1 Å². The number of hydrogen-bond acceptors (Lipinski definition) is 4. The predicted octanol–water partition coefficient (Wildman–Crippen LogP) is 13.1. The van der Waals surface area contributed by atoms with E-state index in [1.54, 1.807) is 0 Å². The summed E-state index contributed by atoms with van der Waals surface area (Å²) in [6.45, 7) is 0. The summed E-state index contributed by atoms with van der Waals surface area (Å²) in [6, 6.07) is 58.1. The maximum Gasteiger partial charge on any atom is 0.136 e. The lowest BCUT2D eigenvalue weighted by molar-refractivity contribution is 0.669. The summed E-state index contributed by atoms with van der Waals surface area (Å²) in [5.74, 6) is 0. The fourth-order valence-electron chi connectivity index (χ4n) is 9.14. The second kappa shape index (κ2) is 11.2. The van der Waals surface area contributed by atoms with Crippen LogP contribution in [0.3, 0.4) is 0 Å².